The quantitative estimate of drug-likeness (QED) is 0.876. The minimum absolute atomic E-state index is 0.212. The van der Waals surface area contributed by atoms with Gasteiger partial charge in [0.2, 0.25) is 10.0 Å². The second-order valence-electron chi connectivity index (χ2n) is 5.31. The largest absolute Gasteiger partial charge is 0.377 e. The Morgan fingerprint density at radius 1 is 1.35 bits per heavy atom. The van der Waals surface area contributed by atoms with Gasteiger partial charge in [-0.15, -0.1) is 0 Å². The number of benzene rings is 1. The smallest absolute Gasteiger partial charge is 0.217 e. The predicted molar refractivity (Wildman–Crippen MR) is 80.2 cm³/mol. The summed E-state index contributed by atoms with van der Waals surface area (Å²) in [6, 6.07) is 10.0. The summed E-state index contributed by atoms with van der Waals surface area (Å²) < 4.78 is 32.7. The molecule has 1 N–H and O–H groups in total. The maximum atomic E-state index is 12.3. The summed E-state index contributed by atoms with van der Waals surface area (Å²) in [5.41, 5.74) is 1.17. The first-order valence-electron chi connectivity index (χ1n) is 7.19. The Kier molecular flexibility index (Phi) is 5.18. The molecule has 2 rings (SSSR count). The van der Waals surface area contributed by atoms with Gasteiger partial charge >= 0.3 is 0 Å². The maximum absolute atomic E-state index is 12.3. The first-order chi connectivity index (χ1) is 9.54. The van der Waals surface area contributed by atoms with Crippen molar-refractivity contribution in [1.82, 2.24) is 4.72 Å². The summed E-state index contributed by atoms with van der Waals surface area (Å²) in [6.45, 7) is 4.88. The van der Waals surface area contributed by atoms with Crippen LogP contribution in [0.15, 0.2) is 30.3 Å². The number of ether oxygens (including phenoxy) is 1. The van der Waals surface area contributed by atoms with E-state index >= 15 is 0 Å². The highest BCUT2D eigenvalue weighted by atomic mass is 32.2. The highest BCUT2D eigenvalue weighted by Gasteiger charge is 2.35. The first-order valence-corrected chi connectivity index (χ1v) is 8.74. The fourth-order valence-corrected chi connectivity index (χ4v) is 4.30. The molecule has 1 aliphatic heterocycles. The van der Waals surface area contributed by atoms with Gasteiger partial charge in [-0.3, -0.25) is 0 Å². The van der Waals surface area contributed by atoms with E-state index in [2.05, 4.69) is 11.6 Å². The van der Waals surface area contributed by atoms with E-state index in [9.17, 15) is 8.42 Å². The lowest BCUT2D eigenvalue weighted by Crippen LogP contribution is -2.39. The first kappa shape index (κ1) is 15.5. The second kappa shape index (κ2) is 6.70. The highest BCUT2D eigenvalue weighted by molar-refractivity contribution is 7.90. The molecular formula is C15H23NO3S. The van der Waals surface area contributed by atoms with Gasteiger partial charge in [0.25, 0.3) is 0 Å². The minimum atomic E-state index is -3.30. The summed E-state index contributed by atoms with van der Waals surface area (Å²) in [4.78, 5) is 0. The van der Waals surface area contributed by atoms with Crippen molar-refractivity contribution in [3.63, 3.8) is 0 Å². The standard InChI is InChI=1S/C15H23NO3S/c1-3-13(14-7-5-4-6-8-14)11-16-20(17,18)15-9-10-19-12(15)2/h4-8,12-13,15-16H,3,9-11H2,1-2H3. The molecule has 1 saturated heterocycles. The van der Waals surface area contributed by atoms with Crippen LogP contribution in [0.4, 0.5) is 0 Å². The van der Waals surface area contributed by atoms with Crippen LogP contribution in [0, 0.1) is 0 Å². The van der Waals surface area contributed by atoms with Gasteiger partial charge in [0.05, 0.1) is 6.10 Å². The topological polar surface area (TPSA) is 55.4 Å². The average Bonchev–Trinajstić information content (AvgIpc) is 2.88. The SMILES string of the molecule is CCC(CNS(=O)(=O)C1CCOC1C)c1ccccc1. The molecule has 0 radical (unpaired) electrons. The maximum Gasteiger partial charge on any atom is 0.217 e. The minimum Gasteiger partial charge on any atom is -0.377 e. The van der Waals surface area contributed by atoms with Crippen LogP contribution in [0.25, 0.3) is 0 Å². The van der Waals surface area contributed by atoms with Gasteiger partial charge in [-0.05, 0) is 31.2 Å². The third-order valence-electron chi connectivity index (χ3n) is 4.00. The lowest BCUT2D eigenvalue weighted by atomic mass is 9.97. The second-order valence-corrected chi connectivity index (χ2v) is 7.30. The van der Waals surface area contributed by atoms with Crippen LogP contribution in [0.3, 0.4) is 0 Å². The number of hydrogen-bond acceptors (Lipinski definition) is 3. The molecule has 4 nitrogen and oxygen atoms in total. The zero-order valence-electron chi connectivity index (χ0n) is 12.1. The third kappa shape index (κ3) is 3.59. The Morgan fingerprint density at radius 3 is 2.60 bits per heavy atom. The lowest BCUT2D eigenvalue weighted by Gasteiger charge is -2.20. The van der Waals surface area contributed by atoms with Gasteiger partial charge in [0.15, 0.2) is 0 Å². The van der Waals surface area contributed by atoms with E-state index in [0.717, 1.165) is 6.42 Å². The van der Waals surface area contributed by atoms with E-state index in [1.165, 1.54) is 5.56 Å². The predicted octanol–water partition coefficient (Wildman–Crippen LogP) is 2.28. The summed E-state index contributed by atoms with van der Waals surface area (Å²) in [6.07, 6.45) is 1.27. The molecule has 1 heterocycles. The molecule has 0 aromatic heterocycles. The van der Waals surface area contributed by atoms with Gasteiger partial charge in [-0.1, -0.05) is 37.3 Å². The molecule has 5 heteroatoms. The zero-order chi connectivity index (χ0) is 14.6. The number of rotatable bonds is 6. The third-order valence-corrected chi connectivity index (χ3v) is 5.99. The Hall–Kier alpha value is -0.910. The van der Waals surface area contributed by atoms with Crippen LogP contribution < -0.4 is 4.72 Å². The Morgan fingerprint density at radius 2 is 2.05 bits per heavy atom. The summed E-state index contributed by atoms with van der Waals surface area (Å²) >= 11 is 0. The normalized spacial score (nSPS) is 24.7. The van der Waals surface area contributed by atoms with Gasteiger partial charge in [0, 0.05) is 13.2 Å². The van der Waals surface area contributed by atoms with Gasteiger partial charge < -0.3 is 4.74 Å². The van der Waals surface area contributed by atoms with Crippen molar-refractivity contribution in [2.24, 2.45) is 0 Å². The molecular weight excluding hydrogens is 274 g/mol. The summed E-state index contributed by atoms with van der Waals surface area (Å²) in [5, 5.41) is -0.421. The van der Waals surface area contributed by atoms with Crippen molar-refractivity contribution >= 4 is 10.0 Å². The average molecular weight is 297 g/mol. The van der Waals surface area contributed by atoms with Crippen molar-refractivity contribution in [2.45, 2.75) is 44.0 Å². The van der Waals surface area contributed by atoms with Crippen LogP contribution in [0.2, 0.25) is 0 Å². The van der Waals surface area contributed by atoms with Crippen molar-refractivity contribution in [1.29, 1.82) is 0 Å². The monoisotopic (exact) mass is 297 g/mol. The van der Waals surface area contributed by atoms with Crippen LogP contribution in [0.1, 0.15) is 38.2 Å². The molecule has 0 aliphatic carbocycles. The molecule has 3 atom stereocenters. The van der Waals surface area contributed by atoms with Crippen LogP contribution >= 0.6 is 0 Å². The van der Waals surface area contributed by atoms with E-state index in [1.807, 2.05) is 37.3 Å². The molecule has 0 amide bonds. The van der Waals surface area contributed by atoms with Crippen molar-refractivity contribution in [3.8, 4) is 0 Å². The van der Waals surface area contributed by atoms with Gasteiger partial charge in [-0.25, -0.2) is 13.1 Å². The Labute approximate surface area is 121 Å². The lowest BCUT2D eigenvalue weighted by molar-refractivity contribution is 0.126. The van der Waals surface area contributed by atoms with Crippen LogP contribution in [0.5, 0.6) is 0 Å². The Balaban J connectivity index is 1.99. The van der Waals surface area contributed by atoms with Gasteiger partial charge in [-0.2, -0.15) is 0 Å². The van der Waals surface area contributed by atoms with Crippen molar-refractivity contribution in [3.05, 3.63) is 35.9 Å². The number of hydrogen-bond donors (Lipinski definition) is 1. The summed E-state index contributed by atoms with van der Waals surface area (Å²) in [7, 11) is -3.30. The zero-order valence-corrected chi connectivity index (χ0v) is 12.9. The van der Waals surface area contributed by atoms with Crippen molar-refractivity contribution < 1.29 is 13.2 Å². The van der Waals surface area contributed by atoms with E-state index in [1.54, 1.807) is 0 Å². The molecule has 0 bridgehead atoms. The molecule has 20 heavy (non-hydrogen) atoms. The fourth-order valence-electron chi connectivity index (χ4n) is 2.67. The van der Waals surface area contributed by atoms with Crippen LogP contribution in [-0.2, 0) is 14.8 Å². The molecule has 1 aliphatic rings. The van der Waals surface area contributed by atoms with E-state index in [0.29, 0.717) is 19.6 Å². The molecule has 1 fully saturated rings. The molecule has 0 saturated carbocycles. The van der Waals surface area contributed by atoms with Crippen molar-refractivity contribution in [2.75, 3.05) is 13.2 Å². The van der Waals surface area contributed by atoms with E-state index < -0.39 is 15.3 Å². The summed E-state index contributed by atoms with van der Waals surface area (Å²) in [5.74, 6) is 0.212. The fraction of sp³-hybridized carbons (Fsp3) is 0.600. The number of sulfonamides is 1. The number of nitrogens with one attached hydrogen (secondary N) is 1. The highest BCUT2D eigenvalue weighted by Crippen LogP contribution is 2.22. The van der Waals surface area contributed by atoms with Crippen LogP contribution in [-0.4, -0.2) is 32.9 Å². The van der Waals surface area contributed by atoms with E-state index in [-0.39, 0.29) is 12.0 Å². The molecule has 1 aromatic rings. The van der Waals surface area contributed by atoms with Gasteiger partial charge in [0.1, 0.15) is 5.25 Å². The molecule has 0 spiro atoms. The Bertz CT molecular complexity index is 515. The molecule has 1 aromatic carbocycles. The molecule has 3 unspecified atom stereocenters. The van der Waals surface area contributed by atoms with E-state index in [4.69, 9.17) is 4.74 Å². The molecule has 112 valence electrons.